The first-order chi connectivity index (χ1) is 7.22. The van der Waals surface area contributed by atoms with Crippen molar-refractivity contribution < 1.29 is 4.74 Å². The zero-order chi connectivity index (χ0) is 10.7. The summed E-state index contributed by atoms with van der Waals surface area (Å²) in [6.07, 6.45) is 9.91. The zero-order valence-electron chi connectivity index (χ0n) is 10.2. The molecule has 15 heavy (non-hydrogen) atoms. The van der Waals surface area contributed by atoms with Gasteiger partial charge in [0.1, 0.15) is 0 Å². The van der Waals surface area contributed by atoms with Crippen molar-refractivity contribution in [1.29, 1.82) is 0 Å². The zero-order valence-corrected chi connectivity index (χ0v) is 10.2. The first-order valence-corrected chi connectivity index (χ1v) is 6.51. The molecule has 1 aliphatic carbocycles. The molecule has 3 unspecified atom stereocenters. The number of hydrogen-bond donors (Lipinski definition) is 1. The predicted octanol–water partition coefficient (Wildman–Crippen LogP) is 2.72. The van der Waals surface area contributed by atoms with Crippen molar-refractivity contribution in [2.24, 2.45) is 5.41 Å². The molecule has 1 aliphatic heterocycles. The van der Waals surface area contributed by atoms with Crippen LogP contribution in [-0.2, 0) is 4.74 Å². The van der Waals surface area contributed by atoms with Gasteiger partial charge in [0, 0.05) is 12.6 Å². The number of hydrogen-bond acceptors (Lipinski definition) is 2. The van der Waals surface area contributed by atoms with Crippen LogP contribution >= 0.6 is 0 Å². The smallest absolute Gasteiger partial charge is 0.0576 e. The van der Waals surface area contributed by atoms with Gasteiger partial charge >= 0.3 is 0 Å². The summed E-state index contributed by atoms with van der Waals surface area (Å²) in [4.78, 5) is 0. The van der Waals surface area contributed by atoms with E-state index >= 15 is 0 Å². The normalized spacial score (nSPS) is 41.2. The van der Waals surface area contributed by atoms with E-state index < -0.39 is 0 Å². The van der Waals surface area contributed by atoms with Crippen molar-refractivity contribution in [3.05, 3.63) is 0 Å². The van der Waals surface area contributed by atoms with E-state index in [9.17, 15) is 0 Å². The molecule has 0 aromatic rings. The van der Waals surface area contributed by atoms with Gasteiger partial charge in [-0.15, -0.1) is 0 Å². The molecule has 2 rings (SSSR count). The molecule has 1 saturated carbocycles. The third kappa shape index (κ3) is 2.94. The van der Waals surface area contributed by atoms with Crippen LogP contribution in [0, 0.1) is 5.41 Å². The second-order valence-corrected chi connectivity index (χ2v) is 5.71. The van der Waals surface area contributed by atoms with Gasteiger partial charge in [-0.1, -0.05) is 6.92 Å². The van der Waals surface area contributed by atoms with E-state index in [1.165, 1.54) is 44.9 Å². The standard InChI is InChI=1S/C13H25NO/c1-13(7-5-11(10-13)14-2)8-6-12-4-3-9-15-12/h11-12,14H,3-10H2,1-2H3. The van der Waals surface area contributed by atoms with E-state index in [4.69, 9.17) is 4.74 Å². The molecule has 1 heterocycles. The molecular weight excluding hydrogens is 186 g/mol. The lowest BCUT2D eigenvalue weighted by atomic mass is 9.82. The topological polar surface area (TPSA) is 21.3 Å². The summed E-state index contributed by atoms with van der Waals surface area (Å²) < 4.78 is 5.70. The van der Waals surface area contributed by atoms with Gasteiger partial charge < -0.3 is 10.1 Å². The summed E-state index contributed by atoms with van der Waals surface area (Å²) in [5.41, 5.74) is 0.583. The maximum absolute atomic E-state index is 5.70. The molecule has 2 nitrogen and oxygen atoms in total. The highest BCUT2D eigenvalue weighted by molar-refractivity contribution is 4.89. The molecular formula is C13H25NO. The summed E-state index contributed by atoms with van der Waals surface area (Å²) in [6, 6.07) is 0.763. The molecule has 0 aromatic heterocycles. The Hall–Kier alpha value is -0.0800. The average molecular weight is 211 g/mol. The Morgan fingerprint density at radius 1 is 1.40 bits per heavy atom. The summed E-state index contributed by atoms with van der Waals surface area (Å²) in [5.74, 6) is 0. The van der Waals surface area contributed by atoms with Gasteiger partial charge in [0.25, 0.3) is 0 Å². The van der Waals surface area contributed by atoms with Crippen LogP contribution in [0.15, 0.2) is 0 Å². The Labute approximate surface area is 93.8 Å². The lowest BCUT2D eigenvalue weighted by molar-refractivity contribution is 0.0899. The van der Waals surface area contributed by atoms with E-state index in [1.807, 2.05) is 0 Å². The van der Waals surface area contributed by atoms with Gasteiger partial charge in [0.15, 0.2) is 0 Å². The Kier molecular flexibility index (Phi) is 3.68. The van der Waals surface area contributed by atoms with Crippen LogP contribution in [-0.4, -0.2) is 25.8 Å². The molecule has 1 N–H and O–H groups in total. The molecule has 0 amide bonds. The SMILES string of the molecule is CNC1CCC(C)(CCC2CCCO2)C1. The lowest BCUT2D eigenvalue weighted by Gasteiger charge is -2.25. The van der Waals surface area contributed by atoms with Gasteiger partial charge in [0.2, 0.25) is 0 Å². The van der Waals surface area contributed by atoms with Gasteiger partial charge in [-0.25, -0.2) is 0 Å². The first-order valence-electron chi connectivity index (χ1n) is 6.51. The molecule has 0 aromatic carbocycles. The van der Waals surface area contributed by atoms with Gasteiger partial charge in [0.05, 0.1) is 6.10 Å². The van der Waals surface area contributed by atoms with Crippen molar-refractivity contribution >= 4 is 0 Å². The van der Waals surface area contributed by atoms with Crippen molar-refractivity contribution in [2.45, 2.75) is 64.0 Å². The van der Waals surface area contributed by atoms with Crippen LogP contribution in [0.4, 0.5) is 0 Å². The minimum atomic E-state index is 0.579. The van der Waals surface area contributed by atoms with Crippen molar-refractivity contribution in [3.8, 4) is 0 Å². The molecule has 0 bridgehead atoms. The molecule has 3 atom stereocenters. The Morgan fingerprint density at radius 3 is 2.87 bits per heavy atom. The summed E-state index contributed by atoms with van der Waals surface area (Å²) in [5, 5.41) is 3.42. The van der Waals surface area contributed by atoms with Crippen LogP contribution in [0.3, 0.4) is 0 Å². The fourth-order valence-electron chi connectivity index (χ4n) is 3.18. The van der Waals surface area contributed by atoms with Crippen molar-refractivity contribution in [2.75, 3.05) is 13.7 Å². The largest absolute Gasteiger partial charge is 0.378 e. The Balaban J connectivity index is 1.73. The quantitative estimate of drug-likeness (QED) is 0.772. The van der Waals surface area contributed by atoms with Crippen molar-refractivity contribution in [3.63, 3.8) is 0 Å². The average Bonchev–Trinajstić information content (AvgIpc) is 2.84. The highest BCUT2D eigenvalue weighted by atomic mass is 16.5. The third-order valence-electron chi connectivity index (χ3n) is 4.34. The molecule has 0 radical (unpaired) electrons. The summed E-state index contributed by atoms with van der Waals surface area (Å²) in [7, 11) is 2.09. The molecule has 2 fully saturated rings. The molecule has 2 aliphatic rings. The second-order valence-electron chi connectivity index (χ2n) is 5.71. The monoisotopic (exact) mass is 211 g/mol. The maximum atomic E-state index is 5.70. The van der Waals surface area contributed by atoms with Gasteiger partial charge in [-0.05, 0) is 57.4 Å². The minimum absolute atomic E-state index is 0.579. The lowest BCUT2D eigenvalue weighted by Crippen LogP contribution is -2.24. The second kappa shape index (κ2) is 4.84. The number of ether oxygens (including phenoxy) is 1. The predicted molar refractivity (Wildman–Crippen MR) is 63.0 cm³/mol. The molecule has 88 valence electrons. The van der Waals surface area contributed by atoms with Crippen LogP contribution in [0.5, 0.6) is 0 Å². The Morgan fingerprint density at radius 2 is 2.27 bits per heavy atom. The number of rotatable bonds is 4. The first kappa shape index (κ1) is 11.4. The van der Waals surface area contributed by atoms with Gasteiger partial charge in [-0.3, -0.25) is 0 Å². The van der Waals surface area contributed by atoms with Crippen LogP contribution in [0.25, 0.3) is 0 Å². The van der Waals surface area contributed by atoms with Crippen molar-refractivity contribution in [1.82, 2.24) is 5.32 Å². The highest BCUT2D eigenvalue weighted by Gasteiger charge is 2.34. The van der Waals surface area contributed by atoms with Gasteiger partial charge in [-0.2, -0.15) is 0 Å². The minimum Gasteiger partial charge on any atom is -0.378 e. The maximum Gasteiger partial charge on any atom is 0.0576 e. The fraction of sp³-hybridized carbons (Fsp3) is 1.00. The van der Waals surface area contributed by atoms with E-state index in [0.717, 1.165) is 12.6 Å². The van der Waals surface area contributed by atoms with E-state index in [-0.39, 0.29) is 0 Å². The molecule has 2 heteroatoms. The van der Waals surface area contributed by atoms with Crippen LogP contribution in [0.2, 0.25) is 0 Å². The number of nitrogens with one attached hydrogen (secondary N) is 1. The van der Waals surface area contributed by atoms with Crippen LogP contribution < -0.4 is 5.32 Å². The molecule has 1 saturated heterocycles. The van der Waals surface area contributed by atoms with E-state index in [1.54, 1.807) is 0 Å². The third-order valence-corrected chi connectivity index (χ3v) is 4.34. The fourth-order valence-corrected chi connectivity index (χ4v) is 3.18. The van der Waals surface area contributed by atoms with E-state index in [2.05, 4.69) is 19.3 Å². The van der Waals surface area contributed by atoms with Crippen LogP contribution in [0.1, 0.15) is 51.9 Å². The summed E-state index contributed by atoms with van der Waals surface area (Å²) >= 11 is 0. The summed E-state index contributed by atoms with van der Waals surface area (Å²) in [6.45, 7) is 3.46. The van der Waals surface area contributed by atoms with E-state index in [0.29, 0.717) is 11.5 Å². The molecule has 0 spiro atoms. The Bertz CT molecular complexity index is 201. The highest BCUT2D eigenvalue weighted by Crippen LogP contribution is 2.42.